The highest BCUT2D eigenvalue weighted by Gasteiger charge is 2.29. The lowest BCUT2D eigenvalue weighted by Crippen LogP contribution is -2.40. The number of nitrogens with two attached hydrogens (primary N) is 1. The molecule has 1 aromatic heterocycles. The van der Waals surface area contributed by atoms with Gasteiger partial charge in [-0.3, -0.25) is 0 Å². The van der Waals surface area contributed by atoms with Crippen molar-refractivity contribution < 1.29 is 13.2 Å². The van der Waals surface area contributed by atoms with E-state index < -0.39 is 9.84 Å². The summed E-state index contributed by atoms with van der Waals surface area (Å²) in [5.41, 5.74) is 5.71. The summed E-state index contributed by atoms with van der Waals surface area (Å²) < 4.78 is 33.5. The third-order valence-electron chi connectivity index (χ3n) is 3.25. The first-order valence-corrected chi connectivity index (χ1v) is 9.41. The van der Waals surface area contributed by atoms with E-state index in [0.717, 1.165) is 43.9 Å². The molecule has 2 N–H and O–H groups in total. The predicted molar refractivity (Wildman–Crippen MR) is 81.1 cm³/mol. The summed E-state index contributed by atoms with van der Waals surface area (Å²) in [6.45, 7) is 4.33. The lowest BCUT2D eigenvalue weighted by molar-refractivity contribution is 0.0441. The Hall–Kier alpha value is -0.860. The third-order valence-corrected chi connectivity index (χ3v) is 5.45. The molecule has 0 aliphatic carbocycles. The molecule has 1 aliphatic rings. The molecule has 0 aromatic carbocycles. The largest absolute Gasteiger partial charge is 0.382 e. The van der Waals surface area contributed by atoms with Crippen molar-refractivity contribution in [1.29, 1.82) is 0 Å². The van der Waals surface area contributed by atoms with Crippen LogP contribution in [0.5, 0.6) is 0 Å². The van der Waals surface area contributed by atoms with Crippen LogP contribution in [0.2, 0.25) is 0 Å². The fourth-order valence-corrected chi connectivity index (χ4v) is 4.62. The molecule has 1 fully saturated rings. The molecule has 0 amide bonds. The number of aromatic nitrogens is 1. The van der Waals surface area contributed by atoms with E-state index in [1.807, 2.05) is 4.90 Å². The number of piperidine rings is 1. The number of rotatable bonds is 5. The first-order valence-electron chi connectivity index (χ1n) is 6.75. The van der Waals surface area contributed by atoms with Crippen molar-refractivity contribution in [3.8, 4) is 0 Å². The van der Waals surface area contributed by atoms with Crippen LogP contribution >= 0.6 is 11.5 Å². The highest BCUT2D eigenvalue weighted by atomic mass is 32.2. The second-order valence-corrected chi connectivity index (χ2v) is 7.76. The molecular formula is C12H21N3O3S2. The van der Waals surface area contributed by atoms with Crippen LogP contribution in [0, 0.1) is 0 Å². The van der Waals surface area contributed by atoms with Gasteiger partial charge in [-0.1, -0.05) is 6.92 Å². The summed E-state index contributed by atoms with van der Waals surface area (Å²) >= 11 is 1.15. The lowest BCUT2D eigenvalue weighted by atomic mass is 10.1. The number of sulfone groups is 1. The Balaban J connectivity index is 2.19. The molecule has 0 bridgehead atoms. The maximum absolute atomic E-state index is 11.9. The van der Waals surface area contributed by atoms with Gasteiger partial charge in [0.2, 0.25) is 0 Å². The molecule has 1 aliphatic heterocycles. The average molecular weight is 319 g/mol. The fraction of sp³-hybridized carbons (Fsp3) is 0.750. The zero-order chi connectivity index (χ0) is 14.8. The van der Waals surface area contributed by atoms with Gasteiger partial charge in [0, 0.05) is 26.0 Å². The molecule has 1 unspecified atom stereocenters. The lowest BCUT2D eigenvalue weighted by Gasteiger charge is -2.33. The van der Waals surface area contributed by atoms with Gasteiger partial charge in [0.25, 0.3) is 0 Å². The Labute approximate surface area is 124 Å². The van der Waals surface area contributed by atoms with Gasteiger partial charge in [-0.15, -0.1) is 0 Å². The molecular weight excluding hydrogens is 298 g/mol. The summed E-state index contributed by atoms with van der Waals surface area (Å²) in [5, 5.41) is 0.648. The predicted octanol–water partition coefficient (Wildman–Crippen LogP) is 1.52. The van der Waals surface area contributed by atoms with Crippen molar-refractivity contribution in [3.63, 3.8) is 0 Å². The molecule has 114 valence electrons. The van der Waals surface area contributed by atoms with Crippen molar-refractivity contribution >= 4 is 32.2 Å². The van der Waals surface area contributed by atoms with E-state index >= 15 is 0 Å². The normalized spacial score (nSPS) is 20.3. The molecule has 8 heteroatoms. The van der Waals surface area contributed by atoms with Gasteiger partial charge in [0.1, 0.15) is 9.90 Å². The summed E-state index contributed by atoms with van der Waals surface area (Å²) in [6.07, 6.45) is 4.30. The Kier molecular flexibility index (Phi) is 4.87. The molecule has 1 aromatic rings. The van der Waals surface area contributed by atoms with Crippen LogP contribution in [0.1, 0.15) is 26.2 Å². The first kappa shape index (κ1) is 15.5. The standard InChI is InChI=1S/C12H21N3O3S2/c1-3-7-18-9-5-4-6-15(8-9)12-10(20(2,16)17)11(13)14-19-12/h9H,3-8H2,1-2H3,(H2,13,14). The Bertz CT molecular complexity index is 556. The summed E-state index contributed by atoms with van der Waals surface area (Å²) in [6, 6.07) is 0. The monoisotopic (exact) mass is 319 g/mol. The summed E-state index contributed by atoms with van der Waals surface area (Å²) in [5.74, 6) is 0.101. The molecule has 1 saturated heterocycles. The highest BCUT2D eigenvalue weighted by Crippen LogP contribution is 2.36. The second-order valence-electron chi connectivity index (χ2n) is 5.06. The van der Waals surface area contributed by atoms with Crippen molar-refractivity contribution in [3.05, 3.63) is 0 Å². The smallest absolute Gasteiger partial charge is 0.182 e. The summed E-state index contributed by atoms with van der Waals surface area (Å²) in [4.78, 5) is 2.20. The number of ether oxygens (including phenoxy) is 1. The molecule has 6 nitrogen and oxygen atoms in total. The van der Waals surface area contributed by atoms with Crippen LogP contribution in [0.3, 0.4) is 0 Å². The van der Waals surface area contributed by atoms with E-state index in [0.29, 0.717) is 11.5 Å². The minimum absolute atomic E-state index is 0.101. The number of nitrogens with zero attached hydrogens (tertiary/aromatic N) is 2. The van der Waals surface area contributed by atoms with E-state index in [-0.39, 0.29) is 16.8 Å². The number of hydrogen-bond donors (Lipinski definition) is 1. The van der Waals surface area contributed by atoms with E-state index in [9.17, 15) is 8.42 Å². The molecule has 20 heavy (non-hydrogen) atoms. The zero-order valence-corrected chi connectivity index (χ0v) is 13.5. The molecule has 0 radical (unpaired) electrons. The van der Waals surface area contributed by atoms with Crippen molar-refractivity contribution in [2.75, 3.05) is 36.6 Å². The molecule has 2 rings (SSSR count). The van der Waals surface area contributed by atoms with E-state index in [1.165, 1.54) is 6.26 Å². The van der Waals surface area contributed by atoms with Crippen LogP contribution in [0.4, 0.5) is 10.8 Å². The molecule has 1 atom stereocenters. The van der Waals surface area contributed by atoms with Crippen LogP contribution in [-0.2, 0) is 14.6 Å². The molecule has 0 spiro atoms. The van der Waals surface area contributed by atoms with Crippen molar-refractivity contribution in [1.82, 2.24) is 4.37 Å². The van der Waals surface area contributed by atoms with E-state index in [1.54, 1.807) is 0 Å². The van der Waals surface area contributed by atoms with Crippen molar-refractivity contribution in [2.45, 2.75) is 37.2 Å². The SMILES string of the molecule is CCCOC1CCCN(c2snc(N)c2S(C)(=O)=O)C1. The van der Waals surface area contributed by atoms with Crippen LogP contribution in [0.25, 0.3) is 0 Å². The molecule has 2 heterocycles. The van der Waals surface area contributed by atoms with Gasteiger partial charge < -0.3 is 15.4 Å². The van der Waals surface area contributed by atoms with Crippen LogP contribution in [0.15, 0.2) is 4.90 Å². The quantitative estimate of drug-likeness (QED) is 0.885. The maximum atomic E-state index is 11.9. The summed E-state index contributed by atoms with van der Waals surface area (Å²) in [7, 11) is -3.36. The topological polar surface area (TPSA) is 85.5 Å². The van der Waals surface area contributed by atoms with Gasteiger partial charge in [-0.25, -0.2) is 8.42 Å². The third kappa shape index (κ3) is 3.42. The minimum Gasteiger partial charge on any atom is -0.382 e. The minimum atomic E-state index is -3.36. The maximum Gasteiger partial charge on any atom is 0.182 e. The van der Waals surface area contributed by atoms with Gasteiger partial charge in [0.15, 0.2) is 15.7 Å². The van der Waals surface area contributed by atoms with Gasteiger partial charge in [-0.05, 0) is 30.8 Å². The van der Waals surface area contributed by atoms with E-state index in [4.69, 9.17) is 10.5 Å². The van der Waals surface area contributed by atoms with Gasteiger partial charge in [0.05, 0.1) is 6.10 Å². The van der Waals surface area contributed by atoms with Crippen LogP contribution < -0.4 is 10.6 Å². The second kappa shape index (κ2) is 6.28. The fourth-order valence-electron chi connectivity index (χ4n) is 2.38. The molecule has 0 saturated carbocycles. The Morgan fingerprint density at radius 1 is 1.55 bits per heavy atom. The van der Waals surface area contributed by atoms with Crippen molar-refractivity contribution in [2.24, 2.45) is 0 Å². The highest BCUT2D eigenvalue weighted by molar-refractivity contribution is 7.91. The Morgan fingerprint density at radius 3 is 2.95 bits per heavy atom. The Morgan fingerprint density at radius 2 is 2.30 bits per heavy atom. The van der Waals surface area contributed by atoms with Crippen LogP contribution in [-0.4, -0.2) is 44.8 Å². The zero-order valence-electron chi connectivity index (χ0n) is 11.8. The first-order chi connectivity index (χ1) is 9.43. The number of hydrogen-bond acceptors (Lipinski definition) is 7. The van der Waals surface area contributed by atoms with Gasteiger partial charge in [-0.2, -0.15) is 4.37 Å². The van der Waals surface area contributed by atoms with Gasteiger partial charge >= 0.3 is 0 Å². The average Bonchev–Trinajstić information content (AvgIpc) is 2.78. The number of nitrogen functional groups attached to an aromatic ring is 1. The number of anilines is 2. The van der Waals surface area contributed by atoms with E-state index in [2.05, 4.69) is 11.3 Å².